The summed E-state index contributed by atoms with van der Waals surface area (Å²) in [6, 6.07) is -0.859. The number of nitrogens with zero attached hydrogens (tertiary/aromatic N) is 1. The third kappa shape index (κ3) is 3.51. The van der Waals surface area contributed by atoms with Gasteiger partial charge in [0.1, 0.15) is 12.1 Å². The first-order valence-electron chi connectivity index (χ1n) is 7.68. The minimum Gasteiger partial charge on any atom is -0.380 e. The molecule has 1 saturated heterocycles. The fourth-order valence-corrected chi connectivity index (χ4v) is 2.65. The highest BCUT2D eigenvalue weighted by Crippen LogP contribution is 2.21. The van der Waals surface area contributed by atoms with E-state index in [1.54, 1.807) is 4.90 Å². The number of carbonyl (C=O) groups is 2. The van der Waals surface area contributed by atoms with Crippen molar-refractivity contribution in [2.45, 2.75) is 65.6 Å². The van der Waals surface area contributed by atoms with E-state index in [2.05, 4.69) is 5.32 Å². The Bertz CT molecular complexity index is 346. The predicted octanol–water partition coefficient (Wildman–Crippen LogP) is 1.56. The van der Waals surface area contributed by atoms with Gasteiger partial charge in [0.05, 0.1) is 12.6 Å². The minimum absolute atomic E-state index is 0.0259. The van der Waals surface area contributed by atoms with E-state index in [1.807, 2.05) is 34.6 Å². The number of ether oxygens (including phenoxy) is 1. The van der Waals surface area contributed by atoms with Crippen LogP contribution in [0.3, 0.4) is 0 Å². The molecule has 1 aliphatic heterocycles. The molecule has 1 N–H and O–H groups in total. The van der Waals surface area contributed by atoms with E-state index < -0.39 is 6.04 Å². The molecule has 4 atom stereocenters. The number of hydrogen-bond acceptors (Lipinski definition) is 3. The maximum Gasteiger partial charge on any atom is 0.246 e. The number of piperazine rings is 1. The van der Waals surface area contributed by atoms with E-state index >= 15 is 0 Å². The summed E-state index contributed by atoms with van der Waals surface area (Å²) in [7, 11) is 0. The van der Waals surface area contributed by atoms with E-state index in [0.29, 0.717) is 19.6 Å². The largest absolute Gasteiger partial charge is 0.380 e. The molecule has 1 rings (SSSR count). The second-order valence-electron chi connectivity index (χ2n) is 5.55. The Morgan fingerprint density at radius 3 is 2.40 bits per heavy atom. The summed E-state index contributed by atoms with van der Waals surface area (Å²) in [6.07, 6.45) is 1.49. The quantitative estimate of drug-likeness (QED) is 0.772. The van der Waals surface area contributed by atoms with Crippen LogP contribution in [0.4, 0.5) is 0 Å². The molecule has 1 heterocycles. The highest BCUT2D eigenvalue weighted by Gasteiger charge is 2.43. The first kappa shape index (κ1) is 17.0. The topological polar surface area (TPSA) is 58.6 Å². The van der Waals surface area contributed by atoms with Crippen molar-refractivity contribution >= 4 is 11.8 Å². The van der Waals surface area contributed by atoms with Crippen molar-refractivity contribution in [3.63, 3.8) is 0 Å². The molecule has 116 valence electrons. The number of carbonyl (C=O) groups excluding carboxylic acids is 2. The molecule has 5 heteroatoms. The second-order valence-corrected chi connectivity index (χ2v) is 5.55. The molecule has 0 aromatic heterocycles. The minimum atomic E-state index is -0.403. The van der Waals surface area contributed by atoms with Gasteiger partial charge in [-0.25, -0.2) is 0 Å². The standard InChI is InChI=1S/C15H28N2O3/c1-6-10(4)13-15(19)17(11(5)9-20-8-3)12(7-2)14(18)16-13/h10-13H,6-9H2,1-5H3,(H,16,18). The molecule has 20 heavy (non-hydrogen) atoms. The van der Waals surface area contributed by atoms with Gasteiger partial charge in [-0.05, 0) is 26.2 Å². The van der Waals surface area contributed by atoms with Crippen molar-refractivity contribution in [2.75, 3.05) is 13.2 Å². The number of hydrogen-bond donors (Lipinski definition) is 1. The Balaban J connectivity index is 2.94. The molecule has 0 aliphatic carbocycles. The Hall–Kier alpha value is -1.10. The maximum absolute atomic E-state index is 12.7. The highest BCUT2D eigenvalue weighted by atomic mass is 16.5. The van der Waals surface area contributed by atoms with Crippen molar-refractivity contribution in [2.24, 2.45) is 5.92 Å². The van der Waals surface area contributed by atoms with Crippen LogP contribution in [0.25, 0.3) is 0 Å². The number of rotatable bonds is 7. The van der Waals surface area contributed by atoms with Gasteiger partial charge < -0.3 is 15.0 Å². The molecule has 0 radical (unpaired) electrons. The smallest absolute Gasteiger partial charge is 0.246 e. The Labute approximate surface area is 122 Å². The van der Waals surface area contributed by atoms with Crippen molar-refractivity contribution < 1.29 is 14.3 Å². The molecule has 5 nitrogen and oxygen atoms in total. The number of nitrogens with one attached hydrogen (secondary N) is 1. The fourth-order valence-electron chi connectivity index (χ4n) is 2.65. The van der Waals surface area contributed by atoms with Crippen LogP contribution in [0.2, 0.25) is 0 Å². The summed E-state index contributed by atoms with van der Waals surface area (Å²) >= 11 is 0. The summed E-state index contributed by atoms with van der Waals surface area (Å²) in [6.45, 7) is 10.9. The maximum atomic E-state index is 12.7. The van der Waals surface area contributed by atoms with Gasteiger partial charge in [-0.15, -0.1) is 0 Å². The average Bonchev–Trinajstić information content (AvgIpc) is 2.45. The third-order valence-electron chi connectivity index (χ3n) is 4.09. The first-order chi connectivity index (χ1) is 9.47. The number of amides is 2. The molecule has 0 aromatic carbocycles. The van der Waals surface area contributed by atoms with Crippen molar-refractivity contribution in [1.29, 1.82) is 0 Å². The van der Waals surface area contributed by atoms with Crippen LogP contribution in [0, 0.1) is 5.92 Å². The van der Waals surface area contributed by atoms with E-state index in [0.717, 1.165) is 6.42 Å². The van der Waals surface area contributed by atoms with Gasteiger partial charge in [0.25, 0.3) is 0 Å². The molecular formula is C15H28N2O3. The van der Waals surface area contributed by atoms with Crippen LogP contribution < -0.4 is 5.32 Å². The fraction of sp³-hybridized carbons (Fsp3) is 0.867. The van der Waals surface area contributed by atoms with Gasteiger partial charge in [0, 0.05) is 6.61 Å². The van der Waals surface area contributed by atoms with Crippen LogP contribution in [0.1, 0.15) is 47.5 Å². The van der Waals surface area contributed by atoms with E-state index in [1.165, 1.54) is 0 Å². The lowest BCUT2D eigenvalue weighted by atomic mass is 9.92. The van der Waals surface area contributed by atoms with Crippen LogP contribution >= 0.6 is 0 Å². The second kappa shape index (κ2) is 7.62. The summed E-state index contributed by atoms with van der Waals surface area (Å²) in [5.74, 6) is 0.129. The Kier molecular flexibility index (Phi) is 6.46. The lowest BCUT2D eigenvalue weighted by Gasteiger charge is -2.43. The van der Waals surface area contributed by atoms with Gasteiger partial charge in [-0.3, -0.25) is 9.59 Å². The van der Waals surface area contributed by atoms with Crippen LogP contribution in [-0.4, -0.2) is 48.1 Å². The summed E-state index contributed by atoms with van der Waals surface area (Å²) in [5, 5.41) is 2.89. The molecule has 0 aromatic rings. The molecule has 0 spiro atoms. The van der Waals surface area contributed by atoms with E-state index in [9.17, 15) is 9.59 Å². The van der Waals surface area contributed by atoms with Crippen molar-refractivity contribution in [1.82, 2.24) is 10.2 Å². The van der Waals surface area contributed by atoms with Gasteiger partial charge >= 0.3 is 0 Å². The van der Waals surface area contributed by atoms with Crippen LogP contribution in [0.15, 0.2) is 0 Å². The first-order valence-corrected chi connectivity index (χ1v) is 7.68. The molecule has 1 fully saturated rings. The summed E-state index contributed by atoms with van der Waals surface area (Å²) < 4.78 is 5.42. The summed E-state index contributed by atoms with van der Waals surface area (Å²) in [5.41, 5.74) is 0. The normalized spacial score (nSPS) is 26.4. The predicted molar refractivity (Wildman–Crippen MR) is 78.3 cm³/mol. The van der Waals surface area contributed by atoms with Gasteiger partial charge in [0.2, 0.25) is 11.8 Å². The SMILES string of the molecule is CCOCC(C)N1C(=O)C(C(C)CC)NC(=O)C1CC. The lowest BCUT2D eigenvalue weighted by molar-refractivity contribution is -0.154. The molecule has 1 aliphatic rings. The molecule has 0 saturated carbocycles. The van der Waals surface area contributed by atoms with Crippen LogP contribution in [-0.2, 0) is 14.3 Å². The van der Waals surface area contributed by atoms with Crippen LogP contribution in [0.5, 0.6) is 0 Å². The lowest BCUT2D eigenvalue weighted by Crippen LogP contribution is -2.67. The summed E-state index contributed by atoms with van der Waals surface area (Å²) in [4.78, 5) is 26.7. The molecule has 0 bridgehead atoms. The Morgan fingerprint density at radius 1 is 1.25 bits per heavy atom. The van der Waals surface area contributed by atoms with Gasteiger partial charge in [-0.1, -0.05) is 27.2 Å². The van der Waals surface area contributed by atoms with E-state index in [4.69, 9.17) is 4.74 Å². The highest BCUT2D eigenvalue weighted by molar-refractivity contribution is 5.97. The zero-order chi connectivity index (χ0) is 15.3. The van der Waals surface area contributed by atoms with E-state index in [-0.39, 0.29) is 29.8 Å². The monoisotopic (exact) mass is 284 g/mol. The molecule has 2 amide bonds. The van der Waals surface area contributed by atoms with Gasteiger partial charge in [0.15, 0.2) is 0 Å². The zero-order valence-electron chi connectivity index (χ0n) is 13.3. The Morgan fingerprint density at radius 2 is 1.90 bits per heavy atom. The molecular weight excluding hydrogens is 256 g/mol. The third-order valence-corrected chi connectivity index (χ3v) is 4.09. The van der Waals surface area contributed by atoms with Crippen molar-refractivity contribution in [3.8, 4) is 0 Å². The van der Waals surface area contributed by atoms with Gasteiger partial charge in [-0.2, -0.15) is 0 Å². The van der Waals surface area contributed by atoms with Crippen molar-refractivity contribution in [3.05, 3.63) is 0 Å². The zero-order valence-corrected chi connectivity index (χ0v) is 13.3. The molecule has 4 unspecified atom stereocenters. The average molecular weight is 284 g/mol.